The van der Waals surface area contributed by atoms with E-state index in [1.165, 1.54) is 4.52 Å². The van der Waals surface area contributed by atoms with E-state index in [0.29, 0.717) is 11.3 Å². The lowest BCUT2D eigenvalue weighted by atomic mass is 10.00. The van der Waals surface area contributed by atoms with Crippen LogP contribution in [0.4, 0.5) is 0 Å². The third kappa shape index (κ3) is 3.67. The Labute approximate surface area is 167 Å². The number of rotatable bonds is 5. The van der Waals surface area contributed by atoms with Gasteiger partial charge in [0.2, 0.25) is 0 Å². The van der Waals surface area contributed by atoms with Crippen molar-refractivity contribution in [2.75, 3.05) is 6.61 Å². The maximum atomic E-state index is 12.5. The van der Waals surface area contributed by atoms with Gasteiger partial charge in [0.1, 0.15) is 5.56 Å². The van der Waals surface area contributed by atoms with Crippen LogP contribution < -0.4 is 5.32 Å². The molecule has 0 saturated heterocycles. The Hall–Kier alpha value is -3.74. The molecule has 2 aromatic heterocycles. The molecule has 4 aromatic rings. The maximum Gasteiger partial charge on any atom is 0.344 e. The quantitative estimate of drug-likeness (QED) is 0.531. The number of benzene rings is 2. The summed E-state index contributed by atoms with van der Waals surface area (Å²) in [7, 11) is 0. The molecule has 1 atom stereocenters. The molecule has 4 rings (SSSR count). The zero-order valence-electron chi connectivity index (χ0n) is 16.1. The van der Waals surface area contributed by atoms with Gasteiger partial charge in [-0.05, 0) is 36.2 Å². The first-order chi connectivity index (χ1) is 14.0. The molecular weight excluding hydrogens is 368 g/mol. The molecule has 7 nitrogen and oxygen atoms in total. The normalized spacial score (nSPS) is 12.1. The van der Waals surface area contributed by atoms with E-state index in [4.69, 9.17) is 4.74 Å². The number of amides is 1. The highest BCUT2D eigenvalue weighted by Gasteiger charge is 2.21. The smallest absolute Gasteiger partial charge is 0.344 e. The number of nitrogens with zero attached hydrogens (tertiary/aromatic N) is 3. The SMILES string of the molecule is Cc1nn2cccnc2c1C(=O)OCC(=O)NC(C)c1cccc2ccccc12. The van der Waals surface area contributed by atoms with Crippen molar-refractivity contribution in [3.05, 3.63) is 77.7 Å². The van der Waals surface area contributed by atoms with Crippen molar-refractivity contribution >= 4 is 28.3 Å². The Morgan fingerprint density at radius 3 is 2.79 bits per heavy atom. The number of carbonyl (C=O) groups is 2. The molecule has 0 fully saturated rings. The number of aromatic nitrogens is 3. The van der Waals surface area contributed by atoms with Gasteiger partial charge in [0.25, 0.3) is 5.91 Å². The molecule has 7 heteroatoms. The predicted octanol–water partition coefficient (Wildman–Crippen LogP) is 3.23. The average Bonchev–Trinajstić information content (AvgIpc) is 3.07. The minimum atomic E-state index is -0.621. The zero-order chi connectivity index (χ0) is 20.4. The molecule has 1 amide bonds. The van der Waals surface area contributed by atoms with Crippen molar-refractivity contribution in [2.45, 2.75) is 19.9 Å². The highest BCUT2D eigenvalue weighted by Crippen LogP contribution is 2.24. The summed E-state index contributed by atoms with van der Waals surface area (Å²) in [4.78, 5) is 29.0. The second-order valence-electron chi connectivity index (χ2n) is 6.78. The monoisotopic (exact) mass is 388 g/mol. The molecule has 0 saturated carbocycles. The van der Waals surface area contributed by atoms with E-state index >= 15 is 0 Å². The van der Waals surface area contributed by atoms with E-state index in [0.717, 1.165) is 16.3 Å². The van der Waals surface area contributed by atoms with Crippen LogP contribution in [-0.4, -0.2) is 33.1 Å². The number of hydrogen-bond acceptors (Lipinski definition) is 5. The van der Waals surface area contributed by atoms with Crippen molar-refractivity contribution in [3.8, 4) is 0 Å². The molecule has 29 heavy (non-hydrogen) atoms. The van der Waals surface area contributed by atoms with Crippen molar-refractivity contribution in [1.82, 2.24) is 19.9 Å². The molecule has 1 unspecified atom stereocenters. The van der Waals surface area contributed by atoms with Gasteiger partial charge in [0, 0.05) is 12.4 Å². The fourth-order valence-electron chi connectivity index (χ4n) is 3.43. The lowest BCUT2D eigenvalue weighted by molar-refractivity contribution is -0.124. The van der Waals surface area contributed by atoms with Gasteiger partial charge in [-0.15, -0.1) is 0 Å². The summed E-state index contributed by atoms with van der Waals surface area (Å²) >= 11 is 0. The van der Waals surface area contributed by atoms with Gasteiger partial charge in [-0.25, -0.2) is 14.3 Å². The average molecular weight is 388 g/mol. The van der Waals surface area contributed by atoms with Crippen LogP contribution in [0.15, 0.2) is 60.9 Å². The summed E-state index contributed by atoms with van der Waals surface area (Å²) in [5.74, 6) is -0.995. The number of fused-ring (bicyclic) bond motifs is 2. The molecule has 0 aliphatic heterocycles. The van der Waals surface area contributed by atoms with E-state index in [-0.39, 0.29) is 24.1 Å². The first-order valence-electron chi connectivity index (χ1n) is 9.28. The molecule has 2 heterocycles. The van der Waals surface area contributed by atoms with Crippen LogP contribution in [0.2, 0.25) is 0 Å². The number of carbonyl (C=O) groups excluding carboxylic acids is 2. The van der Waals surface area contributed by atoms with Crippen molar-refractivity contribution in [3.63, 3.8) is 0 Å². The summed E-state index contributed by atoms with van der Waals surface area (Å²) in [6.07, 6.45) is 3.27. The maximum absolute atomic E-state index is 12.5. The second-order valence-corrected chi connectivity index (χ2v) is 6.78. The highest BCUT2D eigenvalue weighted by atomic mass is 16.5. The molecular formula is C22H20N4O3. The van der Waals surface area contributed by atoms with Gasteiger partial charge >= 0.3 is 5.97 Å². The third-order valence-corrected chi connectivity index (χ3v) is 4.78. The van der Waals surface area contributed by atoms with Crippen molar-refractivity contribution in [2.24, 2.45) is 0 Å². The number of aryl methyl sites for hydroxylation is 1. The predicted molar refractivity (Wildman–Crippen MR) is 109 cm³/mol. The van der Waals surface area contributed by atoms with E-state index in [1.807, 2.05) is 49.4 Å². The van der Waals surface area contributed by atoms with Gasteiger partial charge in [-0.2, -0.15) is 5.10 Å². The number of nitrogens with one attached hydrogen (secondary N) is 1. The number of hydrogen-bond donors (Lipinski definition) is 1. The summed E-state index contributed by atoms with van der Waals surface area (Å²) in [6, 6.07) is 15.5. The Morgan fingerprint density at radius 2 is 1.93 bits per heavy atom. The first kappa shape index (κ1) is 18.6. The molecule has 0 spiro atoms. The van der Waals surface area contributed by atoms with Gasteiger partial charge in [0.05, 0.1) is 11.7 Å². The lowest BCUT2D eigenvalue weighted by Crippen LogP contribution is -2.31. The molecule has 2 aromatic carbocycles. The molecule has 0 radical (unpaired) electrons. The zero-order valence-corrected chi connectivity index (χ0v) is 16.1. The molecule has 0 aliphatic rings. The lowest BCUT2D eigenvalue weighted by Gasteiger charge is -2.16. The van der Waals surface area contributed by atoms with Crippen LogP contribution in [0.1, 0.15) is 34.6 Å². The van der Waals surface area contributed by atoms with Crippen LogP contribution in [0, 0.1) is 6.92 Å². The third-order valence-electron chi connectivity index (χ3n) is 4.78. The standard InChI is InChI=1S/C22H20N4O3/c1-14(17-10-5-8-16-7-3-4-9-18(16)17)24-19(27)13-29-22(28)20-15(2)25-26-12-6-11-23-21(20)26/h3-12,14H,13H2,1-2H3,(H,24,27). The Balaban J connectivity index is 1.43. The Kier molecular flexibility index (Phi) is 4.95. The molecule has 1 N–H and O–H groups in total. The number of esters is 1. The largest absolute Gasteiger partial charge is 0.452 e. The summed E-state index contributed by atoms with van der Waals surface area (Å²) in [5.41, 5.74) is 2.17. The van der Waals surface area contributed by atoms with Crippen LogP contribution in [0.25, 0.3) is 16.4 Å². The highest BCUT2D eigenvalue weighted by molar-refractivity contribution is 5.98. The summed E-state index contributed by atoms with van der Waals surface area (Å²) < 4.78 is 6.73. The van der Waals surface area contributed by atoms with Crippen molar-refractivity contribution in [1.29, 1.82) is 0 Å². The van der Waals surface area contributed by atoms with Crippen LogP contribution >= 0.6 is 0 Å². The fourth-order valence-corrected chi connectivity index (χ4v) is 3.43. The van der Waals surface area contributed by atoms with E-state index in [1.54, 1.807) is 25.4 Å². The van der Waals surface area contributed by atoms with Gasteiger partial charge in [0.15, 0.2) is 12.3 Å². The van der Waals surface area contributed by atoms with E-state index in [2.05, 4.69) is 15.4 Å². The molecule has 146 valence electrons. The second kappa shape index (κ2) is 7.71. The Bertz CT molecular complexity index is 1210. The topological polar surface area (TPSA) is 85.6 Å². The Morgan fingerprint density at radius 1 is 1.14 bits per heavy atom. The first-order valence-corrected chi connectivity index (χ1v) is 9.28. The van der Waals surface area contributed by atoms with Crippen LogP contribution in [0.3, 0.4) is 0 Å². The van der Waals surface area contributed by atoms with E-state index < -0.39 is 5.97 Å². The summed E-state index contributed by atoms with van der Waals surface area (Å²) in [5, 5.41) is 9.30. The molecule has 0 aliphatic carbocycles. The van der Waals surface area contributed by atoms with Crippen LogP contribution in [-0.2, 0) is 9.53 Å². The summed E-state index contributed by atoms with van der Waals surface area (Å²) in [6.45, 7) is 3.23. The van der Waals surface area contributed by atoms with E-state index in [9.17, 15) is 9.59 Å². The van der Waals surface area contributed by atoms with Gasteiger partial charge in [-0.3, -0.25) is 4.79 Å². The minimum absolute atomic E-state index is 0.229. The van der Waals surface area contributed by atoms with Crippen LogP contribution in [0.5, 0.6) is 0 Å². The minimum Gasteiger partial charge on any atom is -0.452 e. The fraction of sp³-hybridized carbons (Fsp3) is 0.182. The number of ether oxygens (including phenoxy) is 1. The molecule has 0 bridgehead atoms. The van der Waals surface area contributed by atoms with Crippen molar-refractivity contribution < 1.29 is 14.3 Å². The van der Waals surface area contributed by atoms with Gasteiger partial charge < -0.3 is 10.1 Å². The van der Waals surface area contributed by atoms with Gasteiger partial charge in [-0.1, -0.05) is 42.5 Å².